The normalized spacial score (nSPS) is 26.2. The van der Waals surface area contributed by atoms with Gasteiger partial charge in [0, 0.05) is 18.9 Å². The van der Waals surface area contributed by atoms with Gasteiger partial charge in [-0.15, -0.1) is 11.3 Å². The molecule has 0 saturated heterocycles. The van der Waals surface area contributed by atoms with E-state index in [4.69, 9.17) is 0 Å². The van der Waals surface area contributed by atoms with E-state index in [2.05, 4.69) is 19.2 Å². The SMILES string of the molecule is C[C@@H]1[C@@H](C)CCC[C@H]1NC(=O)CCC(=O)c1cccs1. The quantitative estimate of drug-likeness (QED) is 0.842. The Balaban J connectivity index is 1.76. The second-order valence-electron chi connectivity index (χ2n) is 5.84. The van der Waals surface area contributed by atoms with Crippen LogP contribution >= 0.6 is 11.3 Å². The number of hydrogen-bond acceptors (Lipinski definition) is 3. The van der Waals surface area contributed by atoms with Crippen LogP contribution in [0.3, 0.4) is 0 Å². The molecule has 1 aromatic rings. The van der Waals surface area contributed by atoms with E-state index in [-0.39, 0.29) is 17.7 Å². The molecule has 1 aromatic heterocycles. The summed E-state index contributed by atoms with van der Waals surface area (Å²) in [4.78, 5) is 24.6. The molecule has 0 aromatic carbocycles. The summed E-state index contributed by atoms with van der Waals surface area (Å²) in [5.74, 6) is 1.28. The monoisotopic (exact) mass is 293 g/mol. The van der Waals surface area contributed by atoms with Crippen LogP contribution in [0.1, 0.15) is 55.6 Å². The average Bonchev–Trinajstić information content (AvgIpc) is 2.95. The number of ketones is 1. The Labute approximate surface area is 124 Å². The number of hydrogen-bond donors (Lipinski definition) is 1. The second kappa shape index (κ2) is 7.02. The largest absolute Gasteiger partial charge is 0.353 e. The molecule has 0 unspecified atom stereocenters. The van der Waals surface area contributed by atoms with E-state index in [0.29, 0.717) is 24.7 Å². The first kappa shape index (κ1) is 15.2. The van der Waals surface area contributed by atoms with Gasteiger partial charge in [0.2, 0.25) is 5.91 Å². The van der Waals surface area contributed by atoms with Crippen molar-refractivity contribution in [1.82, 2.24) is 5.32 Å². The Morgan fingerprint density at radius 2 is 2.10 bits per heavy atom. The molecule has 0 aliphatic heterocycles. The minimum atomic E-state index is 0.0147. The smallest absolute Gasteiger partial charge is 0.220 e. The number of amides is 1. The Morgan fingerprint density at radius 1 is 1.30 bits per heavy atom. The van der Waals surface area contributed by atoms with Crippen molar-refractivity contribution in [1.29, 1.82) is 0 Å². The molecule has 1 N–H and O–H groups in total. The Kier molecular flexibility index (Phi) is 5.35. The molecule has 110 valence electrons. The van der Waals surface area contributed by atoms with E-state index in [1.165, 1.54) is 24.2 Å². The lowest BCUT2D eigenvalue weighted by Gasteiger charge is -2.34. The summed E-state index contributed by atoms with van der Waals surface area (Å²) in [5, 5.41) is 5.00. The Hall–Kier alpha value is -1.16. The highest BCUT2D eigenvalue weighted by Gasteiger charge is 2.28. The van der Waals surface area contributed by atoms with E-state index in [1.54, 1.807) is 0 Å². The van der Waals surface area contributed by atoms with Crippen LogP contribution < -0.4 is 5.32 Å². The van der Waals surface area contributed by atoms with Gasteiger partial charge in [-0.2, -0.15) is 0 Å². The van der Waals surface area contributed by atoms with E-state index in [1.807, 2.05) is 17.5 Å². The molecule has 1 fully saturated rings. The molecule has 1 aliphatic rings. The zero-order valence-corrected chi connectivity index (χ0v) is 13.0. The number of nitrogens with one attached hydrogen (secondary N) is 1. The van der Waals surface area contributed by atoms with Crippen LogP contribution in [0.4, 0.5) is 0 Å². The van der Waals surface area contributed by atoms with Crippen LogP contribution in [0, 0.1) is 11.8 Å². The highest BCUT2D eigenvalue weighted by molar-refractivity contribution is 7.12. The first-order valence-electron chi connectivity index (χ1n) is 7.44. The van der Waals surface area contributed by atoms with Crippen molar-refractivity contribution in [2.45, 2.75) is 52.0 Å². The van der Waals surface area contributed by atoms with E-state index < -0.39 is 0 Å². The Bertz CT molecular complexity index is 455. The van der Waals surface area contributed by atoms with Gasteiger partial charge in [0.25, 0.3) is 0 Å². The molecule has 0 bridgehead atoms. The van der Waals surface area contributed by atoms with Crippen molar-refractivity contribution < 1.29 is 9.59 Å². The third kappa shape index (κ3) is 3.92. The molecule has 1 heterocycles. The fourth-order valence-corrected chi connectivity index (χ4v) is 3.55. The fraction of sp³-hybridized carbons (Fsp3) is 0.625. The summed E-state index contributed by atoms with van der Waals surface area (Å²) in [5.41, 5.74) is 0. The number of thiophene rings is 1. The molecule has 3 atom stereocenters. The molecule has 0 radical (unpaired) electrons. The summed E-state index contributed by atoms with van der Waals surface area (Å²) in [7, 11) is 0. The standard InChI is InChI=1S/C16H23NO2S/c1-11-5-3-6-13(12(11)2)17-16(19)9-8-14(18)15-7-4-10-20-15/h4,7,10-13H,3,5-6,8-9H2,1-2H3,(H,17,19)/t11-,12+,13+/m0/s1. The van der Waals surface area contributed by atoms with Crippen molar-refractivity contribution in [3.63, 3.8) is 0 Å². The maximum absolute atomic E-state index is 12.0. The number of carbonyl (C=O) groups is 2. The first-order chi connectivity index (χ1) is 9.58. The van der Waals surface area contributed by atoms with Crippen LogP contribution in [0.5, 0.6) is 0 Å². The Morgan fingerprint density at radius 3 is 2.80 bits per heavy atom. The van der Waals surface area contributed by atoms with Crippen LogP contribution in [0.2, 0.25) is 0 Å². The van der Waals surface area contributed by atoms with Gasteiger partial charge in [-0.05, 0) is 29.7 Å². The van der Waals surface area contributed by atoms with E-state index >= 15 is 0 Å². The average molecular weight is 293 g/mol. The van der Waals surface area contributed by atoms with Gasteiger partial charge in [-0.1, -0.05) is 32.8 Å². The zero-order chi connectivity index (χ0) is 14.5. The number of rotatable bonds is 5. The molecule has 1 amide bonds. The molecule has 4 heteroatoms. The maximum atomic E-state index is 12.0. The van der Waals surface area contributed by atoms with Crippen molar-refractivity contribution in [3.8, 4) is 0 Å². The lowest BCUT2D eigenvalue weighted by atomic mass is 9.78. The number of carbonyl (C=O) groups excluding carboxylic acids is 2. The summed E-state index contributed by atoms with van der Waals surface area (Å²) < 4.78 is 0. The first-order valence-corrected chi connectivity index (χ1v) is 8.32. The fourth-order valence-electron chi connectivity index (χ4n) is 2.85. The lowest BCUT2D eigenvalue weighted by molar-refractivity contribution is -0.122. The topological polar surface area (TPSA) is 46.2 Å². The zero-order valence-electron chi connectivity index (χ0n) is 12.2. The predicted molar refractivity (Wildman–Crippen MR) is 82.0 cm³/mol. The minimum Gasteiger partial charge on any atom is -0.353 e. The molecule has 20 heavy (non-hydrogen) atoms. The van der Waals surface area contributed by atoms with Gasteiger partial charge in [0.05, 0.1) is 4.88 Å². The molecule has 2 rings (SSSR count). The van der Waals surface area contributed by atoms with Gasteiger partial charge in [0.1, 0.15) is 0 Å². The predicted octanol–water partition coefficient (Wildman–Crippen LogP) is 3.65. The maximum Gasteiger partial charge on any atom is 0.220 e. The van der Waals surface area contributed by atoms with Crippen molar-refractivity contribution in [3.05, 3.63) is 22.4 Å². The van der Waals surface area contributed by atoms with Gasteiger partial charge in [-0.3, -0.25) is 9.59 Å². The third-order valence-electron chi connectivity index (χ3n) is 4.43. The highest BCUT2D eigenvalue weighted by atomic mass is 32.1. The van der Waals surface area contributed by atoms with Crippen molar-refractivity contribution >= 4 is 23.0 Å². The minimum absolute atomic E-state index is 0.0147. The van der Waals surface area contributed by atoms with Gasteiger partial charge in [0.15, 0.2) is 5.78 Å². The third-order valence-corrected chi connectivity index (χ3v) is 5.34. The van der Waals surface area contributed by atoms with E-state index in [9.17, 15) is 9.59 Å². The lowest BCUT2D eigenvalue weighted by Crippen LogP contribution is -2.43. The van der Waals surface area contributed by atoms with Crippen LogP contribution in [-0.4, -0.2) is 17.7 Å². The van der Waals surface area contributed by atoms with Crippen LogP contribution in [0.25, 0.3) is 0 Å². The molecular formula is C16H23NO2S. The summed E-state index contributed by atoms with van der Waals surface area (Å²) in [6.45, 7) is 4.47. The summed E-state index contributed by atoms with van der Waals surface area (Å²) in [6.07, 6.45) is 4.11. The van der Waals surface area contributed by atoms with Crippen LogP contribution in [0.15, 0.2) is 17.5 Å². The molecule has 0 spiro atoms. The molecular weight excluding hydrogens is 270 g/mol. The summed E-state index contributed by atoms with van der Waals surface area (Å²) in [6, 6.07) is 3.96. The van der Waals surface area contributed by atoms with Gasteiger partial charge in [-0.25, -0.2) is 0 Å². The molecule has 1 aliphatic carbocycles. The molecule has 1 saturated carbocycles. The van der Waals surface area contributed by atoms with Gasteiger partial charge >= 0.3 is 0 Å². The highest BCUT2D eigenvalue weighted by Crippen LogP contribution is 2.29. The van der Waals surface area contributed by atoms with E-state index in [0.717, 1.165) is 11.3 Å². The van der Waals surface area contributed by atoms with Gasteiger partial charge < -0.3 is 5.32 Å². The number of Topliss-reactive ketones (excluding diaryl/α,β-unsaturated/α-hetero) is 1. The van der Waals surface area contributed by atoms with Crippen molar-refractivity contribution in [2.75, 3.05) is 0 Å². The van der Waals surface area contributed by atoms with Crippen molar-refractivity contribution in [2.24, 2.45) is 11.8 Å². The van der Waals surface area contributed by atoms with Crippen LogP contribution in [-0.2, 0) is 4.79 Å². The summed E-state index contributed by atoms with van der Waals surface area (Å²) >= 11 is 1.44. The molecule has 3 nitrogen and oxygen atoms in total. The second-order valence-corrected chi connectivity index (χ2v) is 6.79.